The zero-order valence-corrected chi connectivity index (χ0v) is 14.4. The lowest BCUT2D eigenvalue weighted by atomic mass is 9.93. The largest absolute Gasteiger partial charge is 0.364 e. The molecule has 0 saturated carbocycles. The van der Waals surface area contributed by atoms with Gasteiger partial charge in [-0.25, -0.2) is 0 Å². The van der Waals surface area contributed by atoms with Gasteiger partial charge in [-0.3, -0.25) is 14.7 Å². The molecule has 6 heteroatoms. The molecule has 1 fully saturated rings. The number of primary amides is 1. The van der Waals surface area contributed by atoms with Gasteiger partial charge in [0.15, 0.2) is 0 Å². The second-order valence-corrected chi connectivity index (χ2v) is 6.77. The smallest absolute Gasteiger partial charge is 0.269 e. The Morgan fingerprint density at radius 3 is 2.80 bits per heavy atom. The molecular weight excluding hydrogens is 316 g/mol. The summed E-state index contributed by atoms with van der Waals surface area (Å²) >= 11 is 0. The van der Waals surface area contributed by atoms with E-state index in [0.29, 0.717) is 13.0 Å². The highest BCUT2D eigenvalue weighted by molar-refractivity contribution is 5.90. The van der Waals surface area contributed by atoms with Crippen LogP contribution in [0.3, 0.4) is 0 Å². The number of aromatic nitrogens is 2. The van der Waals surface area contributed by atoms with Crippen LogP contribution < -0.4 is 5.73 Å². The van der Waals surface area contributed by atoms with Crippen LogP contribution in [0.15, 0.2) is 36.4 Å². The van der Waals surface area contributed by atoms with E-state index in [1.165, 1.54) is 5.56 Å². The zero-order valence-electron chi connectivity index (χ0n) is 14.4. The summed E-state index contributed by atoms with van der Waals surface area (Å²) in [5, 5.41) is 6.84. The normalized spacial score (nSPS) is 18.8. The van der Waals surface area contributed by atoms with Crippen LogP contribution in [-0.4, -0.2) is 40.0 Å². The van der Waals surface area contributed by atoms with E-state index >= 15 is 0 Å². The standard InChI is InChI=1S/C19H24N4O2/c1-13(14-6-3-2-4-7-14)10-18(24)23-9-5-8-15(12-23)16-11-17(19(20)25)22-21-16/h2-4,6-7,11,13,15H,5,8-10,12H2,1H3,(H2,20,25)(H,21,22)/t13-,15+/m1/s1. The van der Waals surface area contributed by atoms with Crippen molar-refractivity contribution in [3.05, 3.63) is 53.3 Å². The molecule has 2 heterocycles. The molecule has 2 amide bonds. The number of aromatic amines is 1. The number of benzene rings is 1. The molecule has 0 aliphatic carbocycles. The zero-order chi connectivity index (χ0) is 17.8. The summed E-state index contributed by atoms with van der Waals surface area (Å²) in [6, 6.07) is 11.8. The van der Waals surface area contributed by atoms with Crippen molar-refractivity contribution in [2.75, 3.05) is 13.1 Å². The minimum absolute atomic E-state index is 0.172. The average molecular weight is 340 g/mol. The van der Waals surface area contributed by atoms with Gasteiger partial charge < -0.3 is 10.6 Å². The predicted octanol–water partition coefficient (Wildman–Crippen LogP) is 2.41. The van der Waals surface area contributed by atoms with Crippen molar-refractivity contribution in [2.24, 2.45) is 5.73 Å². The van der Waals surface area contributed by atoms with Gasteiger partial charge in [0.25, 0.3) is 5.91 Å². The van der Waals surface area contributed by atoms with Crippen LogP contribution in [0.2, 0.25) is 0 Å². The highest BCUT2D eigenvalue weighted by Gasteiger charge is 2.27. The average Bonchev–Trinajstić information content (AvgIpc) is 3.13. The maximum Gasteiger partial charge on any atom is 0.269 e. The first-order valence-corrected chi connectivity index (χ1v) is 8.72. The number of carbonyl (C=O) groups is 2. The Morgan fingerprint density at radius 2 is 2.12 bits per heavy atom. The van der Waals surface area contributed by atoms with E-state index in [4.69, 9.17) is 5.73 Å². The molecular formula is C19H24N4O2. The topological polar surface area (TPSA) is 92.1 Å². The third-order valence-corrected chi connectivity index (χ3v) is 4.91. The number of nitrogens with two attached hydrogens (primary N) is 1. The van der Waals surface area contributed by atoms with E-state index in [0.717, 1.165) is 25.1 Å². The number of carbonyl (C=O) groups excluding carboxylic acids is 2. The van der Waals surface area contributed by atoms with Crippen molar-refractivity contribution in [3.63, 3.8) is 0 Å². The first kappa shape index (κ1) is 17.2. The molecule has 6 nitrogen and oxygen atoms in total. The molecule has 0 radical (unpaired) electrons. The minimum atomic E-state index is -0.539. The number of H-pyrrole nitrogens is 1. The second-order valence-electron chi connectivity index (χ2n) is 6.77. The van der Waals surface area contributed by atoms with Gasteiger partial charge in [0.1, 0.15) is 5.69 Å². The molecule has 0 bridgehead atoms. The lowest BCUT2D eigenvalue weighted by molar-refractivity contribution is -0.132. The van der Waals surface area contributed by atoms with E-state index in [-0.39, 0.29) is 23.4 Å². The van der Waals surface area contributed by atoms with Crippen molar-refractivity contribution in [1.29, 1.82) is 0 Å². The molecule has 1 aliphatic rings. The van der Waals surface area contributed by atoms with Crippen LogP contribution in [0.5, 0.6) is 0 Å². The molecule has 2 atom stereocenters. The molecule has 1 saturated heterocycles. The number of hydrogen-bond acceptors (Lipinski definition) is 3. The first-order chi connectivity index (χ1) is 12.0. The third kappa shape index (κ3) is 4.07. The molecule has 0 unspecified atom stereocenters. The molecule has 0 spiro atoms. The summed E-state index contributed by atoms with van der Waals surface area (Å²) in [5.41, 5.74) is 7.56. The molecule has 3 N–H and O–H groups in total. The number of piperidine rings is 1. The Hall–Kier alpha value is -2.63. The Bertz CT molecular complexity index is 741. The van der Waals surface area contributed by atoms with Crippen molar-refractivity contribution >= 4 is 11.8 Å². The van der Waals surface area contributed by atoms with Crippen LogP contribution in [0.25, 0.3) is 0 Å². The summed E-state index contributed by atoms with van der Waals surface area (Å²) in [7, 11) is 0. The first-order valence-electron chi connectivity index (χ1n) is 8.72. The molecule has 1 aromatic carbocycles. The van der Waals surface area contributed by atoms with E-state index in [2.05, 4.69) is 29.3 Å². The highest BCUT2D eigenvalue weighted by atomic mass is 16.2. The van der Waals surface area contributed by atoms with Crippen LogP contribution in [0.1, 0.15) is 59.8 Å². The Labute approximate surface area is 147 Å². The van der Waals surface area contributed by atoms with E-state index < -0.39 is 5.91 Å². The lowest BCUT2D eigenvalue weighted by Gasteiger charge is -2.33. The van der Waals surface area contributed by atoms with Crippen molar-refractivity contribution in [3.8, 4) is 0 Å². The van der Waals surface area contributed by atoms with Crippen LogP contribution in [0, 0.1) is 0 Å². The Kier molecular flexibility index (Phi) is 5.16. The van der Waals surface area contributed by atoms with Gasteiger partial charge in [0, 0.05) is 31.1 Å². The summed E-state index contributed by atoms with van der Waals surface area (Å²) in [6.45, 7) is 3.52. The Morgan fingerprint density at radius 1 is 1.36 bits per heavy atom. The van der Waals surface area contributed by atoms with E-state index in [1.54, 1.807) is 6.07 Å². The number of hydrogen-bond donors (Lipinski definition) is 2. The van der Waals surface area contributed by atoms with Gasteiger partial charge in [0.05, 0.1) is 0 Å². The maximum absolute atomic E-state index is 12.7. The third-order valence-electron chi connectivity index (χ3n) is 4.91. The van der Waals surface area contributed by atoms with E-state index in [1.807, 2.05) is 23.1 Å². The Balaban J connectivity index is 1.62. The molecule has 1 aromatic heterocycles. The number of amides is 2. The monoisotopic (exact) mass is 340 g/mol. The number of likely N-dealkylation sites (tertiary alicyclic amines) is 1. The van der Waals surface area contributed by atoms with E-state index in [9.17, 15) is 9.59 Å². The minimum Gasteiger partial charge on any atom is -0.364 e. The van der Waals surface area contributed by atoms with Crippen LogP contribution in [-0.2, 0) is 4.79 Å². The van der Waals surface area contributed by atoms with Crippen molar-refractivity contribution in [2.45, 2.75) is 38.0 Å². The lowest BCUT2D eigenvalue weighted by Crippen LogP contribution is -2.39. The SMILES string of the molecule is C[C@H](CC(=O)N1CCC[C@H](c2cc(C(N)=O)n[nH]2)C1)c1ccccc1. The number of nitrogens with one attached hydrogen (secondary N) is 1. The second kappa shape index (κ2) is 7.51. The van der Waals surface area contributed by atoms with Gasteiger partial charge in [-0.15, -0.1) is 0 Å². The molecule has 25 heavy (non-hydrogen) atoms. The molecule has 1 aliphatic heterocycles. The van der Waals surface area contributed by atoms with Gasteiger partial charge in [-0.2, -0.15) is 5.10 Å². The summed E-state index contributed by atoms with van der Waals surface area (Å²) in [6.07, 6.45) is 2.42. The molecule has 132 valence electrons. The number of rotatable bonds is 5. The summed E-state index contributed by atoms with van der Waals surface area (Å²) < 4.78 is 0. The fourth-order valence-electron chi connectivity index (χ4n) is 3.42. The summed E-state index contributed by atoms with van der Waals surface area (Å²) in [4.78, 5) is 25.8. The highest BCUT2D eigenvalue weighted by Crippen LogP contribution is 2.28. The summed E-state index contributed by atoms with van der Waals surface area (Å²) in [5.74, 6) is 0.00616. The molecule has 3 rings (SSSR count). The fraction of sp³-hybridized carbons (Fsp3) is 0.421. The number of nitrogens with zero attached hydrogens (tertiary/aromatic N) is 2. The van der Waals surface area contributed by atoms with Gasteiger partial charge in [-0.05, 0) is 30.4 Å². The van der Waals surface area contributed by atoms with Gasteiger partial charge >= 0.3 is 0 Å². The van der Waals surface area contributed by atoms with Gasteiger partial charge in [-0.1, -0.05) is 37.3 Å². The molecule has 2 aromatic rings. The van der Waals surface area contributed by atoms with Crippen molar-refractivity contribution in [1.82, 2.24) is 15.1 Å². The van der Waals surface area contributed by atoms with Crippen LogP contribution >= 0.6 is 0 Å². The maximum atomic E-state index is 12.7. The van der Waals surface area contributed by atoms with Gasteiger partial charge in [0.2, 0.25) is 5.91 Å². The quantitative estimate of drug-likeness (QED) is 0.875. The van der Waals surface area contributed by atoms with Crippen molar-refractivity contribution < 1.29 is 9.59 Å². The fourth-order valence-corrected chi connectivity index (χ4v) is 3.42. The van der Waals surface area contributed by atoms with Crippen LogP contribution in [0.4, 0.5) is 0 Å². The predicted molar refractivity (Wildman–Crippen MR) is 95.1 cm³/mol.